The fraction of sp³-hybridized carbons (Fsp3) is 0.615. The summed E-state index contributed by atoms with van der Waals surface area (Å²) in [6.45, 7) is 5.39. The van der Waals surface area contributed by atoms with E-state index in [1.807, 2.05) is 11.8 Å². The first kappa shape index (κ1) is 15.1. The van der Waals surface area contributed by atoms with Crippen molar-refractivity contribution in [3.05, 3.63) is 21.9 Å². The minimum absolute atomic E-state index is 0.0455. The summed E-state index contributed by atoms with van der Waals surface area (Å²) in [7, 11) is 1.63. The van der Waals surface area contributed by atoms with Gasteiger partial charge < -0.3 is 9.84 Å². The zero-order valence-corrected chi connectivity index (χ0v) is 12.0. The molecule has 1 atom stereocenters. The number of methoxy groups -OCH3 is 1. The van der Waals surface area contributed by atoms with Crippen molar-refractivity contribution in [2.24, 2.45) is 0 Å². The predicted molar refractivity (Wildman–Crippen MR) is 73.2 cm³/mol. The van der Waals surface area contributed by atoms with Gasteiger partial charge in [0.25, 0.3) is 0 Å². The summed E-state index contributed by atoms with van der Waals surface area (Å²) < 4.78 is 5.04. The van der Waals surface area contributed by atoms with Crippen molar-refractivity contribution in [2.75, 3.05) is 26.8 Å². The van der Waals surface area contributed by atoms with Gasteiger partial charge in [0.1, 0.15) is 0 Å². The van der Waals surface area contributed by atoms with E-state index in [9.17, 15) is 4.79 Å². The average molecular weight is 271 g/mol. The molecule has 0 fully saturated rings. The van der Waals surface area contributed by atoms with Crippen LogP contribution >= 0.6 is 11.3 Å². The maximum absolute atomic E-state index is 10.9. The lowest BCUT2D eigenvalue weighted by atomic mass is 10.2. The van der Waals surface area contributed by atoms with Crippen LogP contribution in [-0.4, -0.2) is 42.8 Å². The van der Waals surface area contributed by atoms with Crippen molar-refractivity contribution in [1.29, 1.82) is 0 Å². The number of carboxylic acids is 1. The lowest BCUT2D eigenvalue weighted by Crippen LogP contribution is -2.34. The second-order valence-corrected chi connectivity index (χ2v) is 5.39. The molecule has 0 spiro atoms. The Bertz CT molecular complexity index is 378. The highest BCUT2D eigenvalue weighted by molar-refractivity contribution is 7.12. The van der Waals surface area contributed by atoms with Crippen LogP contribution in [0.15, 0.2) is 12.1 Å². The molecule has 0 aliphatic carbocycles. The van der Waals surface area contributed by atoms with Crippen molar-refractivity contribution >= 4 is 17.3 Å². The number of rotatable bonds is 8. The fourth-order valence-corrected chi connectivity index (χ4v) is 2.82. The molecule has 1 aromatic heterocycles. The normalized spacial score (nSPS) is 12.9. The van der Waals surface area contributed by atoms with Gasteiger partial charge in [0.2, 0.25) is 0 Å². The smallest absolute Gasteiger partial charge is 0.317 e. The van der Waals surface area contributed by atoms with E-state index in [0.29, 0.717) is 13.2 Å². The molecule has 0 radical (unpaired) electrons. The van der Waals surface area contributed by atoms with E-state index in [-0.39, 0.29) is 12.6 Å². The van der Waals surface area contributed by atoms with Gasteiger partial charge in [-0.05, 0) is 25.5 Å². The summed E-state index contributed by atoms with van der Waals surface area (Å²) in [5, 5.41) is 8.95. The Morgan fingerprint density at radius 1 is 1.56 bits per heavy atom. The SMILES string of the molecule is CCc1ccc(C(C)N(CCOC)CC(=O)O)s1. The van der Waals surface area contributed by atoms with Crippen molar-refractivity contribution in [1.82, 2.24) is 4.90 Å². The Labute approximate surface area is 112 Å². The van der Waals surface area contributed by atoms with Gasteiger partial charge in [0.05, 0.1) is 13.2 Å². The van der Waals surface area contributed by atoms with Gasteiger partial charge in [-0.1, -0.05) is 6.92 Å². The molecule has 0 amide bonds. The number of thiophene rings is 1. The Morgan fingerprint density at radius 3 is 2.78 bits per heavy atom. The lowest BCUT2D eigenvalue weighted by Gasteiger charge is -2.26. The topological polar surface area (TPSA) is 49.8 Å². The molecule has 0 aliphatic rings. The molecular weight excluding hydrogens is 250 g/mol. The molecule has 1 rings (SSSR count). The Morgan fingerprint density at radius 2 is 2.28 bits per heavy atom. The van der Waals surface area contributed by atoms with Crippen LogP contribution in [-0.2, 0) is 16.0 Å². The van der Waals surface area contributed by atoms with E-state index in [0.717, 1.165) is 6.42 Å². The molecule has 0 saturated heterocycles. The van der Waals surface area contributed by atoms with Crippen LogP contribution in [0.4, 0.5) is 0 Å². The van der Waals surface area contributed by atoms with Gasteiger partial charge in [-0.15, -0.1) is 11.3 Å². The highest BCUT2D eigenvalue weighted by atomic mass is 32.1. The van der Waals surface area contributed by atoms with Gasteiger partial charge in [-0.3, -0.25) is 9.69 Å². The maximum atomic E-state index is 10.9. The standard InChI is InChI=1S/C13H21NO3S/c1-4-11-5-6-12(18-11)10(2)14(7-8-17-3)9-13(15)16/h5-6,10H,4,7-9H2,1-3H3,(H,15,16). The number of hydrogen-bond acceptors (Lipinski definition) is 4. The van der Waals surface area contributed by atoms with Crippen molar-refractivity contribution < 1.29 is 14.6 Å². The third-order valence-electron chi connectivity index (χ3n) is 2.91. The van der Waals surface area contributed by atoms with E-state index in [1.165, 1.54) is 9.75 Å². The second-order valence-electron chi connectivity index (χ2n) is 4.19. The van der Waals surface area contributed by atoms with Crippen LogP contribution in [0.3, 0.4) is 0 Å². The molecule has 5 heteroatoms. The van der Waals surface area contributed by atoms with Gasteiger partial charge >= 0.3 is 5.97 Å². The first-order chi connectivity index (χ1) is 8.58. The van der Waals surface area contributed by atoms with Crippen LogP contribution in [0, 0.1) is 0 Å². The number of carbonyl (C=O) groups is 1. The third-order valence-corrected chi connectivity index (χ3v) is 4.31. The molecule has 0 saturated carbocycles. The van der Waals surface area contributed by atoms with Crippen LogP contribution in [0.1, 0.15) is 29.6 Å². The number of ether oxygens (including phenoxy) is 1. The van der Waals surface area contributed by atoms with Gasteiger partial charge in [-0.25, -0.2) is 0 Å². The third kappa shape index (κ3) is 4.40. The summed E-state index contributed by atoms with van der Waals surface area (Å²) in [5.74, 6) is -0.801. The van der Waals surface area contributed by atoms with Crippen molar-refractivity contribution in [3.63, 3.8) is 0 Å². The van der Waals surface area contributed by atoms with Crippen molar-refractivity contribution in [3.8, 4) is 0 Å². The quantitative estimate of drug-likeness (QED) is 0.789. The largest absolute Gasteiger partial charge is 0.480 e. The monoisotopic (exact) mass is 271 g/mol. The Balaban J connectivity index is 2.73. The molecule has 1 N–H and O–H groups in total. The predicted octanol–water partition coefficient (Wildman–Crippen LogP) is 2.40. The molecule has 102 valence electrons. The number of carboxylic acid groups (broad SMARTS) is 1. The van der Waals surface area contributed by atoms with Gasteiger partial charge in [0.15, 0.2) is 0 Å². The van der Waals surface area contributed by atoms with Crippen LogP contribution in [0.2, 0.25) is 0 Å². The van der Waals surface area contributed by atoms with E-state index < -0.39 is 5.97 Å². The summed E-state index contributed by atoms with van der Waals surface area (Å²) in [4.78, 5) is 15.4. The minimum Gasteiger partial charge on any atom is -0.480 e. The van der Waals surface area contributed by atoms with Crippen LogP contribution < -0.4 is 0 Å². The molecule has 0 aliphatic heterocycles. The fourth-order valence-electron chi connectivity index (χ4n) is 1.78. The molecule has 18 heavy (non-hydrogen) atoms. The highest BCUT2D eigenvalue weighted by Gasteiger charge is 2.19. The zero-order chi connectivity index (χ0) is 13.5. The highest BCUT2D eigenvalue weighted by Crippen LogP contribution is 2.27. The van der Waals surface area contributed by atoms with E-state index in [4.69, 9.17) is 9.84 Å². The molecule has 0 aromatic carbocycles. The van der Waals surface area contributed by atoms with E-state index in [1.54, 1.807) is 18.4 Å². The number of aryl methyl sites for hydroxylation is 1. The van der Waals surface area contributed by atoms with E-state index in [2.05, 4.69) is 19.1 Å². The molecule has 1 heterocycles. The number of nitrogens with zero attached hydrogens (tertiary/aromatic N) is 1. The second kappa shape index (κ2) is 7.51. The summed E-state index contributed by atoms with van der Waals surface area (Å²) in [6.07, 6.45) is 1.02. The average Bonchev–Trinajstić information content (AvgIpc) is 2.81. The Kier molecular flexibility index (Phi) is 6.32. The molecule has 1 unspecified atom stereocenters. The molecule has 4 nitrogen and oxygen atoms in total. The molecular formula is C13H21NO3S. The van der Waals surface area contributed by atoms with Crippen LogP contribution in [0.5, 0.6) is 0 Å². The summed E-state index contributed by atoms with van der Waals surface area (Å²) >= 11 is 1.75. The first-order valence-electron chi connectivity index (χ1n) is 6.11. The van der Waals surface area contributed by atoms with Crippen LogP contribution in [0.25, 0.3) is 0 Å². The van der Waals surface area contributed by atoms with Gasteiger partial charge in [0, 0.05) is 29.5 Å². The van der Waals surface area contributed by atoms with Gasteiger partial charge in [-0.2, -0.15) is 0 Å². The zero-order valence-electron chi connectivity index (χ0n) is 11.2. The number of hydrogen-bond donors (Lipinski definition) is 1. The molecule has 0 bridgehead atoms. The molecule has 1 aromatic rings. The van der Waals surface area contributed by atoms with E-state index >= 15 is 0 Å². The lowest BCUT2D eigenvalue weighted by molar-refractivity contribution is -0.139. The first-order valence-corrected chi connectivity index (χ1v) is 6.93. The summed E-state index contributed by atoms with van der Waals surface area (Å²) in [6, 6.07) is 4.32. The maximum Gasteiger partial charge on any atom is 0.317 e. The van der Waals surface area contributed by atoms with Crippen molar-refractivity contribution in [2.45, 2.75) is 26.3 Å². The Hall–Kier alpha value is -0.910. The minimum atomic E-state index is -0.801. The number of aliphatic carboxylic acids is 1. The summed E-state index contributed by atoms with van der Waals surface area (Å²) in [5.41, 5.74) is 0.